The van der Waals surface area contributed by atoms with Crippen LogP contribution in [-0.2, 0) is 11.2 Å². The average molecular weight is 348 g/mol. The van der Waals surface area contributed by atoms with Gasteiger partial charge in [-0.2, -0.15) is 0 Å². The molecule has 0 aliphatic heterocycles. The fraction of sp³-hybridized carbons (Fsp3) is 0.316. The Kier molecular flexibility index (Phi) is 6.50. The number of rotatable bonds is 7. The van der Waals surface area contributed by atoms with E-state index in [0.29, 0.717) is 17.9 Å². The molecule has 0 radical (unpaired) electrons. The molecule has 1 unspecified atom stereocenters. The molecule has 0 aliphatic rings. The number of halogens is 1. The zero-order valence-electron chi connectivity index (χ0n) is 14.1. The topological polar surface area (TPSA) is 47.6 Å². The number of carbonyl (C=O) groups excluding carboxylic acids is 1. The highest BCUT2D eigenvalue weighted by molar-refractivity contribution is 6.31. The lowest BCUT2D eigenvalue weighted by Gasteiger charge is -2.18. The van der Waals surface area contributed by atoms with Gasteiger partial charge in [0, 0.05) is 17.0 Å². The van der Waals surface area contributed by atoms with E-state index < -0.39 is 0 Å². The minimum Gasteiger partial charge on any atom is -0.497 e. The summed E-state index contributed by atoms with van der Waals surface area (Å²) in [7, 11) is 3.22. The van der Waals surface area contributed by atoms with Crippen LogP contribution in [0.25, 0.3) is 0 Å². The Morgan fingerprint density at radius 2 is 1.92 bits per heavy atom. The molecule has 5 heteroatoms. The molecular formula is C19H22ClNO3. The first-order valence-electron chi connectivity index (χ1n) is 7.80. The van der Waals surface area contributed by atoms with Gasteiger partial charge in [-0.1, -0.05) is 29.8 Å². The van der Waals surface area contributed by atoms with Crippen molar-refractivity contribution in [1.82, 2.24) is 5.32 Å². The van der Waals surface area contributed by atoms with Gasteiger partial charge in [0.15, 0.2) is 0 Å². The van der Waals surface area contributed by atoms with Crippen molar-refractivity contribution in [2.24, 2.45) is 0 Å². The fourth-order valence-corrected chi connectivity index (χ4v) is 2.75. The third-order valence-corrected chi connectivity index (χ3v) is 4.23. The minimum absolute atomic E-state index is 0.0349. The van der Waals surface area contributed by atoms with Crippen molar-refractivity contribution in [3.63, 3.8) is 0 Å². The van der Waals surface area contributed by atoms with Crippen LogP contribution in [0.1, 0.15) is 30.5 Å². The lowest BCUT2D eigenvalue weighted by molar-refractivity contribution is -0.121. The van der Waals surface area contributed by atoms with E-state index in [1.807, 2.05) is 49.4 Å². The van der Waals surface area contributed by atoms with Crippen molar-refractivity contribution in [2.45, 2.75) is 25.8 Å². The SMILES string of the molecule is COc1ccc(OC)c(C(C)NC(=O)CCc2ccccc2Cl)c1. The molecule has 24 heavy (non-hydrogen) atoms. The van der Waals surface area contributed by atoms with Gasteiger partial charge in [0.25, 0.3) is 0 Å². The van der Waals surface area contributed by atoms with Gasteiger partial charge in [-0.05, 0) is 43.2 Å². The molecule has 2 rings (SSSR count). The van der Waals surface area contributed by atoms with Crippen molar-refractivity contribution in [3.8, 4) is 11.5 Å². The number of nitrogens with one attached hydrogen (secondary N) is 1. The van der Waals surface area contributed by atoms with Crippen molar-refractivity contribution >= 4 is 17.5 Å². The standard InChI is InChI=1S/C19H22ClNO3/c1-13(16-12-15(23-2)9-10-18(16)24-3)21-19(22)11-8-14-6-4-5-7-17(14)20/h4-7,9-10,12-13H,8,11H2,1-3H3,(H,21,22). The lowest BCUT2D eigenvalue weighted by atomic mass is 10.1. The molecule has 0 aliphatic carbocycles. The van der Waals surface area contributed by atoms with Crippen LogP contribution >= 0.6 is 11.6 Å². The highest BCUT2D eigenvalue weighted by Gasteiger charge is 2.15. The van der Waals surface area contributed by atoms with Crippen LogP contribution in [0.2, 0.25) is 5.02 Å². The van der Waals surface area contributed by atoms with Gasteiger partial charge in [-0.25, -0.2) is 0 Å². The molecule has 0 aromatic heterocycles. The Balaban J connectivity index is 2.00. The Morgan fingerprint density at radius 3 is 2.58 bits per heavy atom. The summed E-state index contributed by atoms with van der Waals surface area (Å²) in [6, 6.07) is 12.9. The molecule has 128 valence electrons. The summed E-state index contributed by atoms with van der Waals surface area (Å²) in [6.07, 6.45) is 0.980. The zero-order valence-corrected chi connectivity index (χ0v) is 14.9. The number of hydrogen-bond donors (Lipinski definition) is 1. The number of hydrogen-bond acceptors (Lipinski definition) is 3. The molecule has 1 amide bonds. The second kappa shape index (κ2) is 8.60. The lowest BCUT2D eigenvalue weighted by Crippen LogP contribution is -2.27. The summed E-state index contributed by atoms with van der Waals surface area (Å²) in [5, 5.41) is 3.68. The number of ether oxygens (including phenoxy) is 2. The van der Waals surface area contributed by atoms with Gasteiger partial charge in [0.1, 0.15) is 11.5 Å². The van der Waals surface area contributed by atoms with Crippen LogP contribution < -0.4 is 14.8 Å². The largest absolute Gasteiger partial charge is 0.497 e. The Morgan fingerprint density at radius 1 is 1.17 bits per heavy atom. The molecule has 2 aromatic carbocycles. The van der Waals surface area contributed by atoms with E-state index in [1.54, 1.807) is 14.2 Å². The molecule has 0 heterocycles. The second-order valence-electron chi connectivity index (χ2n) is 5.49. The van der Waals surface area contributed by atoms with Gasteiger partial charge in [0.2, 0.25) is 5.91 Å². The van der Waals surface area contributed by atoms with Crippen molar-refractivity contribution in [2.75, 3.05) is 14.2 Å². The van der Waals surface area contributed by atoms with E-state index >= 15 is 0 Å². The van der Waals surface area contributed by atoms with E-state index in [2.05, 4.69) is 5.32 Å². The average Bonchev–Trinajstić information content (AvgIpc) is 2.60. The van der Waals surface area contributed by atoms with Gasteiger partial charge in [-0.3, -0.25) is 4.79 Å². The number of methoxy groups -OCH3 is 2. The predicted octanol–water partition coefficient (Wildman–Crippen LogP) is 4.17. The van der Waals surface area contributed by atoms with Gasteiger partial charge >= 0.3 is 0 Å². The molecule has 0 fully saturated rings. The fourth-order valence-electron chi connectivity index (χ4n) is 2.52. The Labute approximate surface area is 147 Å². The summed E-state index contributed by atoms with van der Waals surface area (Å²) in [5.74, 6) is 1.41. The van der Waals surface area contributed by atoms with E-state index in [4.69, 9.17) is 21.1 Å². The van der Waals surface area contributed by atoms with Gasteiger partial charge in [-0.15, -0.1) is 0 Å². The van der Waals surface area contributed by atoms with Crippen LogP contribution in [-0.4, -0.2) is 20.1 Å². The summed E-state index contributed by atoms with van der Waals surface area (Å²) in [5.41, 5.74) is 1.85. The Hall–Kier alpha value is -2.20. The molecule has 0 bridgehead atoms. The second-order valence-corrected chi connectivity index (χ2v) is 5.90. The maximum Gasteiger partial charge on any atom is 0.220 e. The number of amides is 1. The first-order valence-corrected chi connectivity index (χ1v) is 8.17. The molecule has 1 atom stereocenters. The maximum atomic E-state index is 12.2. The highest BCUT2D eigenvalue weighted by Crippen LogP contribution is 2.29. The highest BCUT2D eigenvalue weighted by atomic mass is 35.5. The van der Waals surface area contributed by atoms with E-state index in [0.717, 1.165) is 22.6 Å². The number of benzene rings is 2. The van der Waals surface area contributed by atoms with Crippen LogP contribution in [0, 0.1) is 0 Å². The zero-order chi connectivity index (χ0) is 17.5. The number of aryl methyl sites for hydroxylation is 1. The van der Waals surface area contributed by atoms with E-state index in [9.17, 15) is 4.79 Å². The quantitative estimate of drug-likeness (QED) is 0.817. The molecular weight excluding hydrogens is 326 g/mol. The molecule has 0 saturated carbocycles. The van der Waals surface area contributed by atoms with Crippen molar-refractivity contribution in [3.05, 3.63) is 58.6 Å². The molecule has 2 aromatic rings. The van der Waals surface area contributed by atoms with E-state index in [1.165, 1.54) is 0 Å². The van der Waals surface area contributed by atoms with Gasteiger partial charge < -0.3 is 14.8 Å². The Bertz CT molecular complexity index is 703. The van der Waals surface area contributed by atoms with E-state index in [-0.39, 0.29) is 11.9 Å². The van der Waals surface area contributed by atoms with Crippen molar-refractivity contribution < 1.29 is 14.3 Å². The summed E-state index contributed by atoms with van der Waals surface area (Å²) < 4.78 is 10.6. The minimum atomic E-state index is -0.186. The summed E-state index contributed by atoms with van der Waals surface area (Å²) in [4.78, 5) is 12.2. The molecule has 4 nitrogen and oxygen atoms in total. The van der Waals surface area contributed by atoms with Crippen LogP contribution in [0.5, 0.6) is 11.5 Å². The summed E-state index contributed by atoms with van der Waals surface area (Å²) >= 11 is 6.12. The molecule has 1 N–H and O–H groups in total. The van der Waals surface area contributed by atoms with Crippen LogP contribution in [0.4, 0.5) is 0 Å². The van der Waals surface area contributed by atoms with Crippen LogP contribution in [0.15, 0.2) is 42.5 Å². The number of carbonyl (C=O) groups is 1. The molecule has 0 saturated heterocycles. The predicted molar refractivity (Wildman–Crippen MR) is 95.9 cm³/mol. The smallest absolute Gasteiger partial charge is 0.220 e. The maximum absolute atomic E-state index is 12.2. The monoisotopic (exact) mass is 347 g/mol. The normalized spacial score (nSPS) is 11.7. The van der Waals surface area contributed by atoms with Crippen molar-refractivity contribution in [1.29, 1.82) is 0 Å². The first-order chi connectivity index (χ1) is 11.5. The summed E-state index contributed by atoms with van der Waals surface area (Å²) in [6.45, 7) is 1.92. The third kappa shape index (κ3) is 4.65. The third-order valence-electron chi connectivity index (χ3n) is 3.86. The van der Waals surface area contributed by atoms with Gasteiger partial charge in [0.05, 0.1) is 20.3 Å². The first kappa shape index (κ1) is 18.1. The van der Waals surface area contributed by atoms with Crippen LogP contribution in [0.3, 0.4) is 0 Å². The molecule has 0 spiro atoms.